The molecule has 0 saturated carbocycles. The van der Waals surface area contributed by atoms with Gasteiger partial charge in [0.1, 0.15) is 0 Å². The fourth-order valence-electron chi connectivity index (χ4n) is 1.53. The zero-order valence-electron chi connectivity index (χ0n) is 10.6. The lowest BCUT2D eigenvalue weighted by molar-refractivity contribution is 0.348. The van der Waals surface area contributed by atoms with E-state index in [2.05, 4.69) is 0 Å². The summed E-state index contributed by atoms with van der Waals surface area (Å²) in [4.78, 5) is 0. The van der Waals surface area contributed by atoms with Crippen molar-refractivity contribution in [3.63, 3.8) is 0 Å². The molecule has 6 heteroatoms. The Morgan fingerprint density at radius 1 is 1.00 bits per heavy atom. The molecule has 0 atom stereocenters. The van der Waals surface area contributed by atoms with Gasteiger partial charge in [-0.25, -0.2) is 0 Å². The van der Waals surface area contributed by atoms with Crippen LogP contribution in [-0.4, -0.2) is 49.8 Å². The average Bonchev–Trinajstić information content (AvgIpc) is 2.25. The largest absolute Gasteiger partial charge is 0.329 e. The Balaban J connectivity index is 4.72. The van der Waals surface area contributed by atoms with Gasteiger partial charge in [0.05, 0.1) is 0 Å². The Hall–Kier alpha value is -0.170. The molecule has 0 amide bonds. The van der Waals surface area contributed by atoms with Crippen LogP contribution >= 0.6 is 0 Å². The van der Waals surface area contributed by atoms with Crippen molar-refractivity contribution in [1.82, 2.24) is 8.61 Å². The molecule has 0 aromatic rings. The summed E-state index contributed by atoms with van der Waals surface area (Å²) in [6.45, 7) is 8.08. The fourth-order valence-corrected chi connectivity index (χ4v) is 3.21. The second-order valence-corrected chi connectivity index (χ2v) is 5.56. The van der Waals surface area contributed by atoms with E-state index < -0.39 is 10.2 Å². The van der Waals surface area contributed by atoms with Crippen LogP contribution in [0.4, 0.5) is 0 Å². The molecule has 0 spiro atoms. The Labute approximate surface area is 99.8 Å². The summed E-state index contributed by atoms with van der Waals surface area (Å²) in [7, 11) is -3.31. The summed E-state index contributed by atoms with van der Waals surface area (Å²) in [6, 6.07) is 0. The molecule has 5 nitrogen and oxygen atoms in total. The Kier molecular flexibility index (Phi) is 7.91. The Morgan fingerprint density at radius 2 is 1.56 bits per heavy atom. The quantitative estimate of drug-likeness (QED) is 0.654. The summed E-state index contributed by atoms with van der Waals surface area (Å²) in [5, 5.41) is 0. The molecule has 0 unspecified atom stereocenters. The zero-order chi connectivity index (χ0) is 12.6. The lowest BCUT2D eigenvalue weighted by atomic mass is 10.3. The first-order valence-corrected chi connectivity index (χ1v) is 7.39. The molecule has 0 heterocycles. The van der Waals surface area contributed by atoms with Crippen LogP contribution in [0.2, 0.25) is 0 Å². The van der Waals surface area contributed by atoms with Crippen LogP contribution in [-0.2, 0) is 10.2 Å². The van der Waals surface area contributed by atoms with Crippen molar-refractivity contribution in [1.29, 1.82) is 0 Å². The molecule has 16 heavy (non-hydrogen) atoms. The summed E-state index contributed by atoms with van der Waals surface area (Å²) < 4.78 is 27.3. The number of hydrogen-bond acceptors (Lipinski definition) is 3. The van der Waals surface area contributed by atoms with Gasteiger partial charge < -0.3 is 5.73 Å². The van der Waals surface area contributed by atoms with Gasteiger partial charge in [-0.2, -0.15) is 17.0 Å². The standard InChI is InChI=1S/C10H25N3O2S/c1-4-7-9-13(10-8-11)16(14,15)12(5-2)6-3/h4-11H2,1-3H3. The maximum atomic E-state index is 12.2. The minimum Gasteiger partial charge on any atom is -0.329 e. The Bertz CT molecular complexity index is 263. The van der Waals surface area contributed by atoms with E-state index in [-0.39, 0.29) is 0 Å². The maximum Gasteiger partial charge on any atom is 0.281 e. The van der Waals surface area contributed by atoms with Gasteiger partial charge in [0, 0.05) is 32.7 Å². The van der Waals surface area contributed by atoms with E-state index in [0.717, 1.165) is 12.8 Å². The summed E-state index contributed by atoms with van der Waals surface area (Å²) in [5.74, 6) is 0. The molecular weight excluding hydrogens is 226 g/mol. The monoisotopic (exact) mass is 251 g/mol. The van der Waals surface area contributed by atoms with Crippen LogP contribution in [0.25, 0.3) is 0 Å². The maximum absolute atomic E-state index is 12.2. The van der Waals surface area contributed by atoms with Crippen LogP contribution < -0.4 is 5.73 Å². The van der Waals surface area contributed by atoms with Gasteiger partial charge in [0.15, 0.2) is 0 Å². The smallest absolute Gasteiger partial charge is 0.281 e. The van der Waals surface area contributed by atoms with E-state index >= 15 is 0 Å². The topological polar surface area (TPSA) is 66.6 Å². The SMILES string of the molecule is CCCCN(CCN)S(=O)(=O)N(CC)CC. The normalized spacial score (nSPS) is 12.6. The third kappa shape index (κ3) is 4.37. The predicted molar refractivity (Wildman–Crippen MR) is 67.4 cm³/mol. The van der Waals surface area contributed by atoms with E-state index in [0.29, 0.717) is 32.7 Å². The van der Waals surface area contributed by atoms with Crippen LogP contribution in [0.1, 0.15) is 33.6 Å². The van der Waals surface area contributed by atoms with Gasteiger partial charge in [-0.15, -0.1) is 0 Å². The number of hydrogen-bond donors (Lipinski definition) is 1. The summed E-state index contributed by atoms with van der Waals surface area (Å²) in [6.07, 6.45) is 1.86. The molecule has 0 aromatic carbocycles. The first-order chi connectivity index (χ1) is 7.54. The summed E-state index contributed by atoms with van der Waals surface area (Å²) in [5.41, 5.74) is 5.46. The van der Waals surface area contributed by atoms with Gasteiger partial charge in [-0.3, -0.25) is 0 Å². The van der Waals surface area contributed by atoms with Crippen molar-refractivity contribution in [2.45, 2.75) is 33.6 Å². The van der Waals surface area contributed by atoms with Crippen molar-refractivity contribution in [2.75, 3.05) is 32.7 Å². The molecule has 0 aliphatic carbocycles. The van der Waals surface area contributed by atoms with E-state index in [1.165, 1.54) is 8.61 Å². The first-order valence-electron chi connectivity index (χ1n) is 5.99. The van der Waals surface area contributed by atoms with E-state index in [9.17, 15) is 8.42 Å². The Morgan fingerprint density at radius 3 is 1.94 bits per heavy atom. The van der Waals surface area contributed by atoms with Gasteiger partial charge in [0.2, 0.25) is 0 Å². The third-order valence-corrected chi connectivity index (χ3v) is 4.68. The van der Waals surface area contributed by atoms with Crippen molar-refractivity contribution in [3.05, 3.63) is 0 Å². The van der Waals surface area contributed by atoms with Crippen molar-refractivity contribution in [3.8, 4) is 0 Å². The second kappa shape index (κ2) is 8.00. The molecule has 2 N–H and O–H groups in total. The molecule has 0 saturated heterocycles. The fraction of sp³-hybridized carbons (Fsp3) is 1.00. The minimum absolute atomic E-state index is 0.365. The molecule has 0 aromatic heterocycles. The van der Waals surface area contributed by atoms with Crippen molar-refractivity contribution < 1.29 is 8.42 Å². The number of nitrogens with zero attached hydrogens (tertiary/aromatic N) is 2. The molecule has 0 aliphatic heterocycles. The number of nitrogens with two attached hydrogens (primary N) is 1. The van der Waals surface area contributed by atoms with Gasteiger partial charge in [-0.1, -0.05) is 27.2 Å². The second-order valence-electron chi connectivity index (χ2n) is 3.63. The molecular formula is C10H25N3O2S. The van der Waals surface area contributed by atoms with Crippen LogP contribution in [0.3, 0.4) is 0 Å². The van der Waals surface area contributed by atoms with Crippen LogP contribution in [0.5, 0.6) is 0 Å². The van der Waals surface area contributed by atoms with Crippen molar-refractivity contribution >= 4 is 10.2 Å². The average molecular weight is 251 g/mol. The number of rotatable bonds is 9. The zero-order valence-corrected chi connectivity index (χ0v) is 11.5. The van der Waals surface area contributed by atoms with Gasteiger partial charge >= 0.3 is 0 Å². The van der Waals surface area contributed by atoms with Crippen LogP contribution in [0.15, 0.2) is 0 Å². The molecule has 0 bridgehead atoms. The van der Waals surface area contributed by atoms with Crippen LogP contribution in [0, 0.1) is 0 Å². The minimum atomic E-state index is -3.31. The molecule has 0 fully saturated rings. The van der Waals surface area contributed by atoms with E-state index in [1.54, 1.807) is 0 Å². The van der Waals surface area contributed by atoms with Crippen molar-refractivity contribution in [2.24, 2.45) is 5.73 Å². The lowest BCUT2D eigenvalue weighted by Gasteiger charge is -2.28. The molecule has 0 aliphatic rings. The highest BCUT2D eigenvalue weighted by Crippen LogP contribution is 2.09. The molecule has 0 rings (SSSR count). The van der Waals surface area contributed by atoms with E-state index in [4.69, 9.17) is 5.73 Å². The van der Waals surface area contributed by atoms with E-state index in [1.807, 2.05) is 20.8 Å². The lowest BCUT2D eigenvalue weighted by Crippen LogP contribution is -2.45. The third-order valence-electron chi connectivity index (χ3n) is 2.50. The van der Waals surface area contributed by atoms with Gasteiger partial charge in [0.25, 0.3) is 10.2 Å². The highest BCUT2D eigenvalue weighted by molar-refractivity contribution is 7.86. The van der Waals surface area contributed by atoms with Gasteiger partial charge in [-0.05, 0) is 6.42 Å². The summed E-state index contributed by atoms with van der Waals surface area (Å²) >= 11 is 0. The predicted octanol–water partition coefficient (Wildman–Crippen LogP) is 0.634. The highest BCUT2D eigenvalue weighted by Gasteiger charge is 2.26. The first kappa shape index (κ1) is 15.8. The molecule has 98 valence electrons. The molecule has 0 radical (unpaired) electrons. The number of unbranched alkanes of at least 4 members (excludes halogenated alkanes) is 1. The highest BCUT2D eigenvalue weighted by atomic mass is 32.2.